The van der Waals surface area contributed by atoms with Gasteiger partial charge in [-0.1, -0.05) is 0 Å². The Morgan fingerprint density at radius 1 is 0.917 bits per heavy atom. The predicted molar refractivity (Wildman–Crippen MR) is 40.9 cm³/mol. The lowest BCUT2D eigenvalue weighted by Crippen LogP contribution is -2.16. The molecule has 0 aliphatic rings. The SMILES string of the molecule is O=c1ccn(-n2ccc(=O)[nH]2)[nH]1. The molecule has 2 N–H and O–H groups in total. The Morgan fingerprint density at radius 3 is 1.58 bits per heavy atom. The van der Waals surface area contributed by atoms with Crippen LogP contribution in [0.1, 0.15) is 0 Å². The minimum atomic E-state index is -0.218. The Hall–Kier alpha value is -1.98. The van der Waals surface area contributed by atoms with E-state index in [2.05, 4.69) is 10.2 Å². The van der Waals surface area contributed by atoms with Crippen molar-refractivity contribution in [2.75, 3.05) is 0 Å². The molecule has 0 saturated carbocycles. The van der Waals surface area contributed by atoms with E-state index in [-0.39, 0.29) is 11.1 Å². The van der Waals surface area contributed by atoms with Gasteiger partial charge in [-0.05, 0) is 0 Å². The van der Waals surface area contributed by atoms with Gasteiger partial charge in [0.1, 0.15) is 0 Å². The second kappa shape index (κ2) is 2.26. The highest BCUT2D eigenvalue weighted by Crippen LogP contribution is 1.79. The largest absolute Gasteiger partial charge is 0.268 e. The molecule has 0 fully saturated rings. The fraction of sp³-hybridized carbons (Fsp3) is 0. The lowest BCUT2D eigenvalue weighted by Gasteiger charge is -1.99. The highest BCUT2D eigenvalue weighted by molar-refractivity contribution is 4.84. The van der Waals surface area contributed by atoms with Crippen LogP contribution in [-0.4, -0.2) is 19.8 Å². The molecule has 0 spiro atoms. The summed E-state index contributed by atoms with van der Waals surface area (Å²) >= 11 is 0. The smallest absolute Gasteiger partial charge is 0.265 e. The van der Waals surface area contributed by atoms with Gasteiger partial charge in [0, 0.05) is 12.1 Å². The maximum atomic E-state index is 10.7. The van der Waals surface area contributed by atoms with Gasteiger partial charge in [-0.25, -0.2) is 10.2 Å². The summed E-state index contributed by atoms with van der Waals surface area (Å²) in [6.45, 7) is 0. The third-order valence-corrected chi connectivity index (χ3v) is 1.42. The number of H-pyrrole nitrogens is 2. The third kappa shape index (κ3) is 0.986. The molecule has 62 valence electrons. The van der Waals surface area contributed by atoms with Crippen LogP contribution in [0.5, 0.6) is 0 Å². The molecule has 2 heterocycles. The van der Waals surface area contributed by atoms with Gasteiger partial charge in [-0.3, -0.25) is 9.59 Å². The Kier molecular flexibility index (Phi) is 1.26. The molecule has 0 atom stereocenters. The Morgan fingerprint density at radius 2 is 1.33 bits per heavy atom. The van der Waals surface area contributed by atoms with E-state index in [1.807, 2.05) is 0 Å². The summed E-state index contributed by atoms with van der Waals surface area (Å²) in [5.74, 6) is 0. The molecule has 2 rings (SSSR count). The van der Waals surface area contributed by atoms with Crippen LogP contribution in [0.4, 0.5) is 0 Å². The average Bonchev–Trinajstić information content (AvgIpc) is 2.58. The van der Waals surface area contributed by atoms with Crippen LogP contribution in [0.3, 0.4) is 0 Å². The summed E-state index contributed by atoms with van der Waals surface area (Å²) in [6, 6.07) is 2.72. The maximum Gasteiger partial charge on any atom is 0.265 e. The highest BCUT2D eigenvalue weighted by Gasteiger charge is 1.93. The van der Waals surface area contributed by atoms with E-state index in [9.17, 15) is 9.59 Å². The number of rotatable bonds is 1. The minimum absolute atomic E-state index is 0.218. The molecule has 2 aromatic rings. The van der Waals surface area contributed by atoms with Gasteiger partial charge in [-0.15, -0.1) is 0 Å². The van der Waals surface area contributed by atoms with Crippen molar-refractivity contribution in [3.8, 4) is 0 Å². The normalized spacial score (nSPS) is 10.3. The number of hydrogen-bond donors (Lipinski definition) is 2. The van der Waals surface area contributed by atoms with Gasteiger partial charge in [-0.2, -0.15) is 9.58 Å². The van der Waals surface area contributed by atoms with E-state index in [0.717, 1.165) is 0 Å². The van der Waals surface area contributed by atoms with Crippen molar-refractivity contribution < 1.29 is 0 Å². The topological polar surface area (TPSA) is 75.6 Å². The number of aromatic nitrogens is 4. The van der Waals surface area contributed by atoms with Crippen LogP contribution in [0.25, 0.3) is 0 Å². The number of nitrogens with one attached hydrogen (secondary N) is 2. The summed E-state index contributed by atoms with van der Waals surface area (Å²) < 4.78 is 0. The van der Waals surface area contributed by atoms with Gasteiger partial charge in [0.25, 0.3) is 11.1 Å². The maximum absolute atomic E-state index is 10.7. The van der Waals surface area contributed by atoms with Crippen LogP contribution >= 0.6 is 0 Å². The van der Waals surface area contributed by atoms with E-state index in [1.165, 1.54) is 34.1 Å². The van der Waals surface area contributed by atoms with Crippen molar-refractivity contribution in [3.05, 3.63) is 45.2 Å². The summed E-state index contributed by atoms with van der Waals surface area (Å²) in [5, 5.41) is 4.92. The van der Waals surface area contributed by atoms with E-state index in [0.29, 0.717) is 0 Å². The van der Waals surface area contributed by atoms with E-state index < -0.39 is 0 Å². The second-order valence-electron chi connectivity index (χ2n) is 2.27. The van der Waals surface area contributed by atoms with Crippen LogP contribution in [0.2, 0.25) is 0 Å². The standard InChI is InChI=1S/C6H6N4O2/c11-5-1-3-9(7-5)10-4-2-6(12)8-10/h1-4H,(H,7,11)(H,8,12). The molecular formula is C6H6N4O2. The molecule has 0 amide bonds. The Balaban J connectivity index is 2.57. The van der Waals surface area contributed by atoms with E-state index in [1.54, 1.807) is 0 Å². The molecular weight excluding hydrogens is 160 g/mol. The third-order valence-electron chi connectivity index (χ3n) is 1.42. The molecule has 0 radical (unpaired) electrons. The van der Waals surface area contributed by atoms with Crippen molar-refractivity contribution >= 4 is 0 Å². The van der Waals surface area contributed by atoms with Crippen molar-refractivity contribution in [2.45, 2.75) is 0 Å². The van der Waals surface area contributed by atoms with Crippen LogP contribution < -0.4 is 11.1 Å². The highest BCUT2D eigenvalue weighted by atomic mass is 16.1. The van der Waals surface area contributed by atoms with Gasteiger partial charge in [0.05, 0.1) is 12.4 Å². The molecule has 12 heavy (non-hydrogen) atoms. The first-order valence-corrected chi connectivity index (χ1v) is 3.32. The molecule has 2 aromatic heterocycles. The zero-order chi connectivity index (χ0) is 8.55. The number of hydrogen-bond acceptors (Lipinski definition) is 2. The monoisotopic (exact) mass is 166 g/mol. The molecule has 6 nitrogen and oxygen atoms in total. The fourth-order valence-electron chi connectivity index (χ4n) is 0.903. The van der Waals surface area contributed by atoms with Crippen molar-refractivity contribution in [1.29, 1.82) is 0 Å². The average molecular weight is 166 g/mol. The van der Waals surface area contributed by atoms with Crippen LogP contribution in [-0.2, 0) is 0 Å². The first-order chi connectivity index (χ1) is 5.75. The quantitative estimate of drug-likeness (QED) is 0.568. The van der Waals surface area contributed by atoms with E-state index in [4.69, 9.17) is 0 Å². The lowest BCUT2D eigenvalue weighted by molar-refractivity contribution is 0.500. The molecule has 0 aliphatic heterocycles. The zero-order valence-corrected chi connectivity index (χ0v) is 6.02. The van der Waals surface area contributed by atoms with Crippen molar-refractivity contribution in [3.63, 3.8) is 0 Å². The zero-order valence-electron chi connectivity index (χ0n) is 6.02. The first kappa shape index (κ1) is 6.71. The molecule has 0 aliphatic carbocycles. The molecule has 6 heteroatoms. The molecule has 0 aromatic carbocycles. The van der Waals surface area contributed by atoms with Crippen LogP contribution in [0, 0.1) is 0 Å². The van der Waals surface area contributed by atoms with Crippen molar-refractivity contribution in [1.82, 2.24) is 19.8 Å². The summed E-state index contributed by atoms with van der Waals surface area (Å²) in [4.78, 5) is 24.1. The van der Waals surface area contributed by atoms with Gasteiger partial charge in [0.2, 0.25) is 0 Å². The first-order valence-electron chi connectivity index (χ1n) is 3.32. The number of nitrogens with zero attached hydrogens (tertiary/aromatic N) is 2. The van der Waals surface area contributed by atoms with E-state index >= 15 is 0 Å². The van der Waals surface area contributed by atoms with Crippen molar-refractivity contribution in [2.24, 2.45) is 0 Å². The summed E-state index contributed by atoms with van der Waals surface area (Å²) in [7, 11) is 0. The summed E-state index contributed by atoms with van der Waals surface area (Å²) in [5.41, 5.74) is -0.436. The van der Waals surface area contributed by atoms with Gasteiger partial charge < -0.3 is 0 Å². The second-order valence-corrected chi connectivity index (χ2v) is 2.27. The predicted octanol–water partition coefficient (Wildman–Crippen LogP) is -1.02. The Labute approximate surface area is 66.0 Å². The van der Waals surface area contributed by atoms with Gasteiger partial charge >= 0.3 is 0 Å². The minimum Gasteiger partial charge on any atom is -0.268 e. The summed E-state index contributed by atoms with van der Waals surface area (Å²) in [6.07, 6.45) is 3.02. The fourth-order valence-corrected chi connectivity index (χ4v) is 0.903. The molecule has 0 bridgehead atoms. The molecule has 0 saturated heterocycles. The van der Waals surface area contributed by atoms with Crippen LogP contribution in [0.15, 0.2) is 34.1 Å². The Bertz CT molecular complexity index is 439. The van der Waals surface area contributed by atoms with Gasteiger partial charge in [0.15, 0.2) is 0 Å². The lowest BCUT2D eigenvalue weighted by atomic mass is 10.7. The number of aromatic amines is 2. The molecule has 0 unspecified atom stereocenters.